The van der Waals surface area contributed by atoms with Crippen molar-refractivity contribution in [2.24, 2.45) is 5.84 Å². The van der Waals surface area contributed by atoms with Gasteiger partial charge in [0.25, 0.3) is 5.91 Å². The summed E-state index contributed by atoms with van der Waals surface area (Å²) >= 11 is 0. The van der Waals surface area contributed by atoms with E-state index in [0.717, 1.165) is 25.8 Å². The molecule has 0 saturated heterocycles. The molecule has 1 aromatic heterocycles. The molecule has 19 heavy (non-hydrogen) atoms. The lowest BCUT2D eigenvalue weighted by molar-refractivity contribution is 0.0703. The fourth-order valence-electron chi connectivity index (χ4n) is 1.97. The van der Waals surface area contributed by atoms with Crippen LogP contribution in [0.15, 0.2) is 18.5 Å². The van der Waals surface area contributed by atoms with Gasteiger partial charge in [0.1, 0.15) is 0 Å². The molecule has 106 valence electrons. The van der Waals surface area contributed by atoms with Crippen LogP contribution in [0, 0.1) is 0 Å². The van der Waals surface area contributed by atoms with Crippen LogP contribution >= 0.6 is 0 Å². The smallest absolute Gasteiger partial charge is 0.257 e. The second-order valence-electron chi connectivity index (χ2n) is 4.86. The Morgan fingerprint density at radius 1 is 1.47 bits per heavy atom. The number of nitrogen functional groups attached to an aromatic ring is 1. The zero-order chi connectivity index (χ0) is 14.3. The zero-order valence-corrected chi connectivity index (χ0v) is 12.0. The first-order valence-corrected chi connectivity index (χ1v) is 6.83. The lowest BCUT2D eigenvalue weighted by atomic mass is 10.1. The summed E-state index contributed by atoms with van der Waals surface area (Å²) in [6, 6.07) is 1.87. The number of pyridine rings is 1. The van der Waals surface area contributed by atoms with Crippen LogP contribution in [-0.4, -0.2) is 28.4 Å². The Kier molecular flexibility index (Phi) is 6.29. The molecule has 0 fully saturated rings. The maximum Gasteiger partial charge on any atom is 0.257 e. The molecule has 1 aromatic rings. The van der Waals surface area contributed by atoms with E-state index in [-0.39, 0.29) is 11.9 Å². The molecule has 0 aliphatic rings. The number of aromatic nitrogens is 1. The highest BCUT2D eigenvalue weighted by Gasteiger charge is 2.20. The molecule has 1 heterocycles. The topological polar surface area (TPSA) is 71.2 Å². The van der Waals surface area contributed by atoms with Gasteiger partial charge in [-0.3, -0.25) is 15.6 Å². The van der Waals surface area contributed by atoms with Crippen molar-refractivity contribution in [1.82, 2.24) is 9.88 Å². The molecule has 3 N–H and O–H groups in total. The van der Waals surface area contributed by atoms with Gasteiger partial charge in [-0.25, -0.2) is 0 Å². The molecule has 0 radical (unpaired) electrons. The van der Waals surface area contributed by atoms with Gasteiger partial charge in [-0.1, -0.05) is 19.8 Å². The number of unbranched alkanes of at least 4 members (excludes halogenated alkanes) is 2. The van der Waals surface area contributed by atoms with Gasteiger partial charge in [-0.2, -0.15) is 0 Å². The van der Waals surface area contributed by atoms with Crippen molar-refractivity contribution in [3.05, 3.63) is 24.0 Å². The third-order valence-electron chi connectivity index (χ3n) is 3.09. The molecule has 5 nitrogen and oxygen atoms in total. The molecule has 0 aromatic carbocycles. The van der Waals surface area contributed by atoms with Crippen molar-refractivity contribution >= 4 is 11.6 Å². The van der Waals surface area contributed by atoms with Crippen molar-refractivity contribution < 1.29 is 4.79 Å². The number of carbonyl (C=O) groups excluding carboxylic acids is 1. The first kappa shape index (κ1) is 15.4. The van der Waals surface area contributed by atoms with E-state index in [0.29, 0.717) is 11.3 Å². The number of nitrogens with two attached hydrogens (primary N) is 1. The summed E-state index contributed by atoms with van der Waals surface area (Å²) < 4.78 is 0. The van der Waals surface area contributed by atoms with E-state index >= 15 is 0 Å². The summed E-state index contributed by atoms with van der Waals surface area (Å²) in [7, 11) is 0. The molecule has 0 unspecified atom stereocenters. The molecule has 1 rings (SSSR count). The Bertz CT molecular complexity index is 406. The van der Waals surface area contributed by atoms with Crippen LogP contribution in [0.3, 0.4) is 0 Å². The Hall–Kier alpha value is -1.62. The van der Waals surface area contributed by atoms with Crippen LogP contribution in [0.4, 0.5) is 5.69 Å². The minimum absolute atomic E-state index is 0.0212. The van der Waals surface area contributed by atoms with E-state index in [4.69, 9.17) is 5.84 Å². The number of hydrogen-bond donors (Lipinski definition) is 2. The average molecular weight is 264 g/mol. The van der Waals surface area contributed by atoms with E-state index in [1.165, 1.54) is 0 Å². The van der Waals surface area contributed by atoms with E-state index in [1.54, 1.807) is 18.5 Å². The van der Waals surface area contributed by atoms with Gasteiger partial charge in [-0.05, 0) is 26.3 Å². The average Bonchev–Trinajstić information content (AvgIpc) is 2.42. The van der Waals surface area contributed by atoms with Crippen LogP contribution in [-0.2, 0) is 0 Å². The summed E-state index contributed by atoms with van der Waals surface area (Å²) in [6.07, 6.45) is 6.47. The number of anilines is 1. The highest BCUT2D eigenvalue weighted by molar-refractivity contribution is 5.99. The number of nitrogens with one attached hydrogen (secondary N) is 1. The predicted molar refractivity (Wildman–Crippen MR) is 77.7 cm³/mol. The molecule has 1 amide bonds. The second kappa shape index (κ2) is 7.74. The van der Waals surface area contributed by atoms with Crippen LogP contribution in [0.5, 0.6) is 0 Å². The molecular formula is C14H24N4O. The molecular weight excluding hydrogens is 240 g/mol. The van der Waals surface area contributed by atoms with E-state index < -0.39 is 0 Å². The van der Waals surface area contributed by atoms with Crippen LogP contribution < -0.4 is 11.3 Å². The number of nitrogens with zero attached hydrogens (tertiary/aromatic N) is 2. The summed E-state index contributed by atoms with van der Waals surface area (Å²) in [4.78, 5) is 18.4. The van der Waals surface area contributed by atoms with Gasteiger partial charge in [0.05, 0.1) is 11.3 Å². The maximum atomic E-state index is 12.6. The first-order valence-electron chi connectivity index (χ1n) is 6.83. The van der Waals surface area contributed by atoms with Gasteiger partial charge in [0.15, 0.2) is 0 Å². The Labute approximate surface area is 115 Å². The minimum Gasteiger partial charge on any atom is -0.336 e. The summed E-state index contributed by atoms with van der Waals surface area (Å²) in [5, 5.41) is 0. The van der Waals surface area contributed by atoms with Gasteiger partial charge < -0.3 is 10.3 Å². The molecule has 0 aliphatic heterocycles. The number of hydrogen-bond acceptors (Lipinski definition) is 4. The van der Waals surface area contributed by atoms with Crippen molar-refractivity contribution in [3.8, 4) is 0 Å². The zero-order valence-electron chi connectivity index (χ0n) is 12.0. The van der Waals surface area contributed by atoms with Crippen LogP contribution in [0.25, 0.3) is 0 Å². The summed E-state index contributed by atoms with van der Waals surface area (Å²) in [5.41, 5.74) is 3.69. The van der Waals surface area contributed by atoms with Crippen molar-refractivity contribution in [2.45, 2.75) is 46.1 Å². The molecule has 5 heteroatoms. The van der Waals surface area contributed by atoms with Gasteiger partial charge >= 0.3 is 0 Å². The third-order valence-corrected chi connectivity index (χ3v) is 3.09. The first-order chi connectivity index (χ1) is 9.11. The van der Waals surface area contributed by atoms with Crippen molar-refractivity contribution in [3.63, 3.8) is 0 Å². The fourth-order valence-corrected chi connectivity index (χ4v) is 1.97. The second-order valence-corrected chi connectivity index (χ2v) is 4.86. The Balaban J connectivity index is 2.86. The number of carbonyl (C=O) groups is 1. The Morgan fingerprint density at radius 2 is 2.21 bits per heavy atom. The Morgan fingerprint density at radius 3 is 2.79 bits per heavy atom. The van der Waals surface area contributed by atoms with Crippen LogP contribution in [0.1, 0.15) is 50.4 Å². The quantitative estimate of drug-likeness (QED) is 0.451. The molecule has 0 spiro atoms. The fraction of sp³-hybridized carbons (Fsp3) is 0.571. The summed E-state index contributed by atoms with van der Waals surface area (Å²) in [6.45, 7) is 6.97. The summed E-state index contributed by atoms with van der Waals surface area (Å²) in [5.74, 6) is 5.42. The SMILES string of the molecule is CCCCCN(C(=O)c1cnccc1NN)C(C)C. The third kappa shape index (κ3) is 4.21. The standard InChI is InChI=1S/C14H24N4O/c1-4-5-6-9-18(11(2)3)14(19)12-10-16-8-7-13(12)17-15/h7-8,10-11H,4-6,9,15H2,1-3H3,(H,16,17). The van der Waals surface area contributed by atoms with E-state index in [2.05, 4.69) is 17.3 Å². The highest BCUT2D eigenvalue weighted by atomic mass is 16.2. The van der Waals surface area contributed by atoms with Crippen LogP contribution in [0.2, 0.25) is 0 Å². The minimum atomic E-state index is -0.0212. The van der Waals surface area contributed by atoms with Crippen molar-refractivity contribution in [1.29, 1.82) is 0 Å². The van der Waals surface area contributed by atoms with Gasteiger partial charge in [-0.15, -0.1) is 0 Å². The number of amides is 1. The number of rotatable bonds is 7. The van der Waals surface area contributed by atoms with Crippen molar-refractivity contribution in [2.75, 3.05) is 12.0 Å². The maximum absolute atomic E-state index is 12.6. The lowest BCUT2D eigenvalue weighted by Gasteiger charge is -2.27. The normalized spacial score (nSPS) is 10.6. The predicted octanol–water partition coefficient (Wildman–Crippen LogP) is 2.41. The molecule has 0 bridgehead atoms. The van der Waals surface area contributed by atoms with E-state index in [1.807, 2.05) is 18.7 Å². The molecule has 0 aliphatic carbocycles. The number of hydrazine groups is 1. The molecule has 0 atom stereocenters. The molecule has 0 saturated carbocycles. The highest BCUT2D eigenvalue weighted by Crippen LogP contribution is 2.17. The van der Waals surface area contributed by atoms with E-state index in [9.17, 15) is 4.79 Å². The van der Waals surface area contributed by atoms with Gasteiger partial charge in [0, 0.05) is 25.0 Å². The van der Waals surface area contributed by atoms with Gasteiger partial charge in [0.2, 0.25) is 0 Å². The lowest BCUT2D eigenvalue weighted by Crippen LogP contribution is -2.38. The largest absolute Gasteiger partial charge is 0.336 e. The monoisotopic (exact) mass is 264 g/mol.